The summed E-state index contributed by atoms with van der Waals surface area (Å²) in [5.41, 5.74) is 0.780. The maximum absolute atomic E-state index is 12.9. The Morgan fingerprint density at radius 3 is 2.81 bits per heavy atom. The van der Waals surface area contributed by atoms with Crippen molar-refractivity contribution < 1.29 is 29.3 Å². The van der Waals surface area contributed by atoms with Crippen LogP contribution in [-0.2, 0) is 20.7 Å². The number of cyclic esters (lactones) is 1. The highest BCUT2D eigenvalue weighted by atomic mass is 16.5. The number of hydrogen-bond donors (Lipinski definition) is 3. The maximum Gasteiger partial charge on any atom is 0.342 e. The summed E-state index contributed by atoms with van der Waals surface area (Å²) < 4.78 is 11.9. The van der Waals surface area contributed by atoms with E-state index in [-0.39, 0.29) is 29.4 Å². The lowest BCUT2D eigenvalue weighted by Gasteiger charge is -2.36. The van der Waals surface area contributed by atoms with Crippen molar-refractivity contribution in [1.82, 2.24) is 5.32 Å². The van der Waals surface area contributed by atoms with Gasteiger partial charge < -0.3 is 25.0 Å². The van der Waals surface area contributed by atoms with Crippen LogP contribution in [-0.4, -0.2) is 46.5 Å². The average molecular weight is 442 g/mol. The minimum absolute atomic E-state index is 0.133. The number of carbonyl (C=O) groups excluding carboxylic acids is 2. The number of aliphatic hydroxyl groups excluding tert-OH is 1. The van der Waals surface area contributed by atoms with E-state index in [1.165, 1.54) is 18.3 Å². The van der Waals surface area contributed by atoms with Crippen molar-refractivity contribution >= 4 is 11.9 Å². The third-order valence-electron chi connectivity index (χ3n) is 5.51. The van der Waals surface area contributed by atoms with Crippen LogP contribution in [0.4, 0.5) is 0 Å². The quantitative estimate of drug-likeness (QED) is 0.355. The molecule has 2 bridgehead atoms. The van der Waals surface area contributed by atoms with Gasteiger partial charge in [-0.25, -0.2) is 4.79 Å². The number of aliphatic hydroxyl groups is 1. The van der Waals surface area contributed by atoms with Crippen LogP contribution in [0.25, 0.3) is 0 Å². The van der Waals surface area contributed by atoms with Gasteiger partial charge >= 0.3 is 5.97 Å². The van der Waals surface area contributed by atoms with Crippen molar-refractivity contribution in [3.63, 3.8) is 0 Å². The third kappa shape index (κ3) is 6.80. The van der Waals surface area contributed by atoms with E-state index >= 15 is 0 Å². The normalized spacial score (nSPS) is 26.2. The van der Waals surface area contributed by atoms with Gasteiger partial charge in [-0.05, 0) is 37.3 Å². The lowest BCUT2D eigenvalue weighted by Crippen LogP contribution is -2.40. The minimum atomic E-state index is -0.577. The molecule has 1 amide bonds. The molecule has 1 fully saturated rings. The van der Waals surface area contributed by atoms with Gasteiger partial charge in [-0.2, -0.15) is 0 Å². The number of ether oxygens (including phenoxy) is 2. The number of esters is 1. The number of carbonyl (C=O) groups is 2. The second-order valence-corrected chi connectivity index (χ2v) is 8.13. The van der Waals surface area contributed by atoms with Crippen LogP contribution in [0, 0.1) is 0 Å². The van der Waals surface area contributed by atoms with Crippen molar-refractivity contribution in [3.8, 4) is 5.75 Å². The fraction of sp³-hybridized carbons (Fsp3) is 0.440. The summed E-state index contributed by atoms with van der Waals surface area (Å²) in [5, 5.41) is 23.2. The van der Waals surface area contributed by atoms with Crippen LogP contribution >= 0.6 is 0 Å². The Kier molecular flexibility index (Phi) is 8.64. The first-order valence-corrected chi connectivity index (χ1v) is 11.1. The van der Waals surface area contributed by atoms with Gasteiger partial charge in [0.2, 0.25) is 5.91 Å². The molecule has 3 N–H and O–H groups in total. The monoisotopic (exact) mass is 441 g/mol. The number of phenolic OH excluding ortho intramolecular Hbond substituents is 1. The standard InChI is InChI=1S/C25H31NO6/c1-2-3-4-5-11-23(29)26-12-7-9-19-16-21-15-18(27)14-20(31-21)13-17-8-6-10-22(28)24(17)25(30)32-19/h3-8,10-12,18-21,27-28H,2,9,13-16H2,1H3,(H,26,29)/t18-,19?,20+,21?/m1/s1. The number of nitrogens with one attached hydrogen (secondary N) is 1. The molecule has 0 radical (unpaired) electrons. The van der Waals surface area contributed by atoms with Gasteiger partial charge in [-0.15, -0.1) is 0 Å². The largest absolute Gasteiger partial charge is 0.507 e. The van der Waals surface area contributed by atoms with Crippen LogP contribution in [0.2, 0.25) is 0 Å². The molecule has 0 spiro atoms. The van der Waals surface area contributed by atoms with Gasteiger partial charge in [0, 0.05) is 25.1 Å². The van der Waals surface area contributed by atoms with E-state index in [9.17, 15) is 19.8 Å². The fourth-order valence-corrected chi connectivity index (χ4v) is 4.07. The first-order valence-electron chi connectivity index (χ1n) is 11.1. The molecule has 172 valence electrons. The molecule has 2 unspecified atom stereocenters. The molecular formula is C25H31NO6. The Bertz CT molecular complexity index is 890. The Morgan fingerprint density at radius 2 is 2.00 bits per heavy atom. The molecule has 32 heavy (non-hydrogen) atoms. The molecule has 4 atom stereocenters. The number of hydrogen-bond acceptors (Lipinski definition) is 6. The Hall–Kier alpha value is -2.90. The molecule has 0 aromatic heterocycles. The van der Waals surface area contributed by atoms with Crippen LogP contribution in [0.1, 0.15) is 54.9 Å². The van der Waals surface area contributed by atoms with Crippen molar-refractivity contribution in [3.05, 3.63) is 65.9 Å². The van der Waals surface area contributed by atoms with E-state index in [1.54, 1.807) is 24.3 Å². The smallest absolute Gasteiger partial charge is 0.342 e. The van der Waals surface area contributed by atoms with E-state index in [1.807, 2.05) is 19.1 Å². The van der Waals surface area contributed by atoms with Crippen LogP contribution < -0.4 is 5.32 Å². The summed E-state index contributed by atoms with van der Waals surface area (Å²) >= 11 is 0. The molecule has 1 aromatic carbocycles. The Labute approximate surface area is 188 Å². The van der Waals surface area contributed by atoms with Crippen LogP contribution in [0.15, 0.2) is 54.8 Å². The number of benzene rings is 1. The summed E-state index contributed by atoms with van der Waals surface area (Å²) in [6, 6.07) is 4.91. The number of rotatable bonds is 6. The third-order valence-corrected chi connectivity index (χ3v) is 5.51. The highest BCUT2D eigenvalue weighted by molar-refractivity contribution is 5.94. The lowest BCUT2D eigenvalue weighted by atomic mass is 9.91. The summed E-state index contributed by atoms with van der Waals surface area (Å²) in [4.78, 5) is 24.7. The topological polar surface area (TPSA) is 105 Å². The van der Waals surface area contributed by atoms with Gasteiger partial charge in [0.15, 0.2) is 0 Å². The molecule has 2 aliphatic rings. The maximum atomic E-state index is 12.9. The molecule has 7 heteroatoms. The van der Waals surface area contributed by atoms with Gasteiger partial charge in [-0.1, -0.05) is 43.4 Å². The summed E-state index contributed by atoms with van der Waals surface area (Å²) in [6.45, 7) is 2.01. The van der Waals surface area contributed by atoms with Gasteiger partial charge in [0.1, 0.15) is 17.4 Å². The minimum Gasteiger partial charge on any atom is -0.507 e. The Balaban J connectivity index is 1.70. The second-order valence-electron chi connectivity index (χ2n) is 8.13. The average Bonchev–Trinajstić information content (AvgIpc) is 2.73. The van der Waals surface area contributed by atoms with Crippen LogP contribution in [0.5, 0.6) is 5.75 Å². The fourth-order valence-electron chi connectivity index (χ4n) is 4.07. The van der Waals surface area contributed by atoms with Crippen molar-refractivity contribution in [2.24, 2.45) is 0 Å². The highest BCUT2D eigenvalue weighted by Crippen LogP contribution is 2.32. The van der Waals surface area contributed by atoms with Gasteiger partial charge in [-0.3, -0.25) is 4.79 Å². The molecule has 3 rings (SSSR count). The summed E-state index contributed by atoms with van der Waals surface area (Å²) in [7, 11) is 0. The summed E-state index contributed by atoms with van der Waals surface area (Å²) in [6.07, 6.45) is 11.7. The molecule has 2 heterocycles. The van der Waals surface area contributed by atoms with E-state index in [4.69, 9.17) is 9.47 Å². The Morgan fingerprint density at radius 1 is 1.19 bits per heavy atom. The van der Waals surface area contributed by atoms with Crippen LogP contribution in [0.3, 0.4) is 0 Å². The highest BCUT2D eigenvalue weighted by Gasteiger charge is 2.34. The predicted molar refractivity (Wildman–Crippen MR) is 120 cm³/mol. The first kappa shape index (κ1) is 23.8. The van der Waals surface area contributed by atoms with Crippen molar-refractivity contribution in [1.29, 1.82) is 0 Å². The zero-order chi connectivity index (χ0) is 22.9. The van der Waals surface area contributed by atoms with E-state index in [0.717, 1.165) is 6.42 Å². The molecule has 1 saturated heterocycles. The first-order chi connectivity index (χ1) is 15.5. The zero-order valence-electron chi connectivity index (χ0n) is 18.3. The van der Waals surface area contributed by atoms with Crippen molar-refractivity contribution in [2.45, 2.75) is 69.9 Å². The molecule has 0 saturated carbocycles. The predicted octanol–water partition coefficient (Wildman–Crippen LogP) is 3.31. The molecule has 1 aromatic rings. The molecule has 7 nitrogen and oxygen atoms in total. The number of amides is 1. The number of allylic oxidation sites excluding steroid dienone is 3. The van der Waals surface area contributed by atoms with E-state index in [0.29, 0.717) is 37.7 Å². The zero-order valence-corrected chi connectivity index (χ0v) is 18.3. The lowest BCUT2D eigenvalue weighted by molar-refractivity contribution is -0.115. The van der Waals surface area contributed by atoms with E-state index in [2.05, 4.69) is 5.32 Å². The van der Waals surface area contributed by atoms with Crippen molar-refractivity contribution in [2.75, 3.05) is 0 Å². The molecule has 2 aliphatic heterocycles. The van der Waals surface area contributed by atoms with Gasteiger partial charge in [0.05, 0.1) is 18.3 Å². The van der Waals surface area contributed by atoms with Gasteiger partial charge in [0.25, 0.3) is 0 Å². The number of fused-ring (bicyclic) bond motifs is 3. The van der Waals surface area contributed by atoms with E-state index < -0.39 is 18.2 Å². The summed E-state index contributed by atoms with van der Waals surface area (Å²) in [5.74, 6) is -0.969. The molecule has 0 aliphatic carbocycles. The number of phenols is 1. The second kappa shape index (κ2) is 11.6. The number of aromatic hydroxyl groups is 1. The molecular weight excluding hydrogens is 410 g/mol. The SMILES string of the molecule is CCC=CC=CC(=O)NC=CCC1CC2C[C@H](O)C[C@H](Cc3cccc(O)c3C(=O)O1)O2.